The van der Waals surface area contributed by atoms with Crippen molar-refractivity contribution < 1.29 is 18.9 Å². The molecular formula is C18H25N3O4. The normalized spacial score (nSPS) is 15.9. The van der Waals surface area contributed by atoms with Crippen molar-refractivity contribution in [3.8, 4) is 17.6 Å². The summed E-state index contributed by atoms with van der Waals surface area (Å²) < 4.78 is 22.3. The van der Waals surface area contributed by atoms with Crippen LogP contribution < -0.4 is 9.47 Å². The molecule has 1 aromatic rings. The molecule has 1 aromatic carbocycles. The van der Waals surface area contributed by atoms with Crippen LogP contribution in [0.2, 0.25) is 0 Å². The molecule has 0 N–H and O–H groups in total. The first kappa shape index (κ1) is 19.0. The fourth-order valence-corrected chi connectivity index (χ4v) is 2.25. The standard InChI is InChI=1S/C18H25N3O4/c1-3-21(4-2)14-20-16-12-18-17(11-15(16)13-19)24-9-7-22-5-6-23-8-10-25-18/h11-12,14H,3-10H2,1-2H3. The lowest BCUT2D eigenvalue weighted by atomic mass is 10.1. The molecule has 1 aliphatic rings. The number of rotatable bonds is 4. The van der Waals surface area contributed by atoms with Crippen molar-refractivity contribution in [2.45, 2.75) is 13.8 Å². The second kappa shape index (κ2) is 10.5. The van der Waals surface area contributed by atoms with Crippen LogP contribution in [0.25, 0.3) is 0 Å². The number of nitrogens with zero attached hydrogens (tertiary/aromatic N) is 3. The second-order valence-corrected chi connectivity index (χ2v) is 5.32. The van der Waals surface area contributed by atoms with Gasteiger partial charge in [-0.1, -0.05) is 0 Å². The molecule has 0 radical (unpaired) electrons. The van der Waals surface area contributed by atoms with E-state index in [1.165, 1.54) is 0 Å². The van der Waals surface area contributed by atoms with Gasteiger partial charge in [0, 0.05) is 25.2 Å². The highest BCUT2D eigenvalue weighted by molar-refractivity contribution is 5.68. The van der Waals surface area contributed by atoms with E-state index < -0.39 is 0 Å². The molecule has 0 saturated carbocycles. The van der Waals surface area contributed by atoms with Gasteiger partial charge in [-0.15, -0.1) is 0 Å². The Hall–Kier alpha value is -2.30. The Kier molecular flexibility index (Phi) is 8.02. The minimum Gasteiger partial charge on any atom is -0.487 e. The van der Waals surface area contributed by atoms with Gasteiger partial charge in [-0.05, 0) is 13.8 Å². The maximum atomic E-state index is 9.43. The van der Waals surface area contributed by atoms with Gasteiger partial charge in [-0.3, -0.25) is 0 Å². The Morgan fingerprint density at radius 1 is 1.00 bits per heavy atom. The number of aliphatic imine (C=N–C) groups is 1. The lowest BCUT2D eigenvalue weighted by Gasteiger charge is -2.17. The fourth-order valence-electron chi connectivity index (χ4n) is 2.25. The number of fused-ring (bicyclic) bond motifs is 1. The molecule has 0 aliphatic carbocycles. The van der Waals surface area contributed by atoms with E-state index in [1.807, 2.05) is 4.90 Å². The molecular weight excluding hydrogens is 322 g/mol. The van der Waals surface area contributed by atoms with Crippen LogP contribution in [-0.4, -0.2) is 64.0 Å². The van der Waals surface area contributed by atoms with Gasteiger partial charge in [0.05, 0.1) is 44.0 Å². The average molecular weight is 347 g/mol. The maximum absolute atomic E-state index is 9.43. The first-order valence-electron chi connectivity index (χ1n) is 8.56. The number of nitriles is 1. The van der Waals surface area contributed by atoms with E-state index in [0.717, 1.165) is 13.1 Å². The third-order valence-corrected chi connectivity index (χ3v) is 3.70. The predicted molar refractivity (Wildman–Crippen MR) is 94.9 cm³/mol. The summed E-state index contributed by atoms with van der Waals surface area (Å²) in [6.07, 6.45) is 1.75. The van der Waals surface area contributed by atoms with Gasteiger partial charge in [0.2, 0.25) is 0 Å². The lowest BCUT2D eigenvalue weighted by molar-refractivity contribution is 0.0223. The SMILES string of the molecule is CCN(C=Nc1cc2c(cc1C#N)OCCOCCOCCO2)CC. The van der Waals surface area contributed by atoms with E-state index in [1.54, 1.807) is 18.5 Å². The minimum atomic E-state index is 0.378. The van der Waals surface area contributed by atoms with Crippen LogP contribution in [0.1, 0.15) is 19.4 Å². The molecule has 0 bridgehead atoms. The molecule has 1 aliphatic heterocycles. The minimum absolute atomic E-state index is 0.378. The molecule has 1 heterocycles. The van der Waals surface area contributed by atoms with Gasteiger partial charge < -0.3 is 23.8 Å². The van der Waals surface area contributed by atoms with Crippen molar-refractivity contribution >= 4 is 12.0 Å². The first-order valence-corrected chi connectivity index (χ1v) is 8.56. The summed E-state index contributed by atoms with van der Waals surface area (Å²) in [4.78, 5) is 6.49. The fraction of sp³-hybridized carbons (Fsp3) is 0.556. The highest BCUT2D eigenvalue weighted by Crippen LogP contribution is 2.35. The van der Waals surface area contributed by atoms with E-state index >= 15 is 0 Å². The van der Waals surface area contributed by atoms with Crippen LogP contribution >= 0.6 is 0 Å². The van der Waals surface area contributed by atoms with Crippen molar-refractivity contribution in [3.05, 3.63) is 17.7 Å². The van der Waals surface area contributed by atoms with Gasteiger partial charge in [-0.2, -0.15) is 5.26 Å². The van der Waals surface area contributed by atoms with Crippen LogP contribution in [0.5, 0.6) is 11.5 Å². The number of benzene rings is 1. The predicted octanol–water partition coefficient (Wildman–Crippen LogP) is 2.36. The monoisotopic (exact) mass is 347 g/mol. The quantitative estimate of drug-likeness (QED) is 0.615. The highest BCUT2D eigenvalue weighted by atomic mass is 16.6. The van der Waals surface area contributed by atoms with Crippen LogP contribution in [0.4, 0.5) is 5.69 Å². The summed E-state index contributed by atoms with van der Waals surface area (Å²) in [5, 5.41) is 9.43. The molecule has 0 fully saturated rings. The number of hydrogen-bond acceptors (Lipinski definition) is 6. The first-order chi connectivity index (χ1) is 12.3. The summed E-state index contributed by atoms with van der Waals surface area (Å²) in [6.45, 7) is 8.55. The van der Waals surface area contributed by atoms with Gasteiger partial charge >= 0.3 is 0 Å². The summed E-state index contributed by atoms with van der Waals surface area (Å²) >= 11 is 0. The van der Waals surface area contributed by atoms with Crippen molar-refractivity contribution in [1.29, 1.82) is 5.26 Å². The third-order valence-electron chi connectivity index (χ3n) is 3.70. The van der Waals surface area contributed by atoms with Crippen molar-refractivity contribution in [2.75, 3.05) is 52.7 Å². The Balaban J connectivity index is 2.26. The summed E-state index contributed by atoms with van der Waals surface area (Å²) in [5.41, 5.74) is 0.996. The summed E-state index contributed by atoms with van der Waals surface area (Å²) in [5.74, 6) is 1.07. The zero-order chi connectivity index (χ0) is 17.9. The average Bonchev–Trinajstić information content (AvgIpc) is 2.63. The molecule has 136 valence electrons. The molecule has 0 aromatic heterocycles. The molecule has 2 rings (SSSR count). The summed E-state index contributed by atoms with van der Waals surface area (Å²) in [6, 6.07) is 5.57. The molecule has 0 atom stereocenters. The van der Waals surface area contributed by atoms with Gasteiger partial charge in [0.25, 0.3) is 0 Å². The Labute approximate surface area is 148 Å². The van der Waals surface area contributed by atoms with Crippen molar-refractivity contribution in [1.82, 2.24) is 4.90 Å². The Morgan fingerprint density at radius 3 is 2.12 bits per heavy atom. The number of ether oxygens (including phenoxy) is 4. The molecule has 0 unspecified atom stereocenters. The van der Waals surface area contributed by atoms with Gasteiger partial charge in [0.15, 0.2) is 11.5 Å². The summed E-state index contributed by atoms with van der Waals surface area (Å²) in [7, 11) is 0. The molecule has 25 heavy (non-hydrogen) atoms. The Bertz CT molecular complexity index is 609. The van der Waals surface area contributed by atoms with E-state index in [-0.39, 0.29) is 0 Å². The lowest BCUT2D eigenvalue weighted by Crippen LogP contribution is -2.20. The van der Waals surface area contributed by atoms with E-state index in [9.17, 15) is 5.26 Å². The van der Waals surface area contributed by atoms with Crippen LogP contribution in [0, 0.1) is 11.3 Å². The van der Waals surface area contributed by atoms with Crippen LogP contribution in [0.3, 0.4) is 0 Å². The topological polar surface area (TPSA) is 76.3 Å². The molecule has 0 saturated heterocycles. The smallest absolute Gasteiger partial charge is 0.163 e. The maximum Gasteiger partial charge on any atom is 0.163 e. The number of hydrogen-bond donors (Lipinski definition) is 0. The van der Waals surface area contributed by atoms with E-state index in [2.05, 4.69) is 24.9 Å². The van der Waals surface area contributed by atoms with Crippen molar-refractivity contribution in [2.24, 2.45) is 4.99 Å². The van der Waals surface area contributed by atoms with E-state index in [0.29, 0.717) is 62.4 Å². The van der Waals surface area contributed by atoms with Crippen LogP contribution in [0.15, 0.2) is 17.1 Å². The van der Waals surface area contributed by atoms with Crippen molar-refractivity contribution in [3.63, 3.8) is 0 Å². The zero-order valence-electron chi connectivity index (χ0n) is 14.9. The van der Waals surface area contributed by atoms with Crippen LogP contribution in [-0.2, 0) is 9.47 Å². The molecule has 7 nitrogen and oxygen atoms in total. The van der Waals surface area contributed by atoms with E-state index in [4.69, 9.17) is 18.9 Å². The Morgan fingerprint density at radius 2 is 1.56 bits per heavy atom. The second-order valence-electron chi connectivity index (χ2n) is 5.32. The highest BCUT2D eigenvalue weighted by Gasteiger charge is 2.13. The molecule has 0 amide bonds. The van der Waals surface area contributed by atoms with Gasteiger partial charge in [0.1, 0.15) is 19.3 Å². The third kappa shape index (κ3) is 5.93. The largest absolute Gasteiger partial charge is 0.487 e. The zero-order valence-corrected chi connectivity index (χ0v) is 14.9. The van der Waals surface area contributed by atoms with Gasteiger partial charge in [-0.25, -0.2) is 4.99 Å². The molecule has 0 spiro atoms. The molecule has 7 heteroatoms.